The first-order chi connectivity index (χ1) is 6.24. The van der Waals surface area contributed by atoms with Gasteiger partial charge in [-0.3, -0.25) is 0 Å². The molecule has 1 rings (SSSR count). The van der Waals surface area contributed by atoms with Crippen molar-refractivity contribution in [3.63, 3.8) is 0 Å². The summed E-state index contributed by atoms with van der Waals surface area (Å²) in [6.07, 6.45) is 1.54. The quantitative estimate of drug-likeness (QED) is 0.767. The van der Waals surface area contributed by atoms with E-state index in [0.717, 1.165) is 0 Å². The molecule has 13 heavy (non-hydrogen) atoms. The molecule has 0 aliphatic heterocycles. The number of aromatic nitrogens is 1. The summed E-state index contributed by atoms with van der Waals surface area (Å²) in [6.45, 7) is 2.31. The Morgan fingerprint density at radius 1 is 1.54 bits per heavy atom. The molecule has 0 aromatic carbocycles. The van der Waals surface area contributed by atoms with E-state index in [1.54, 1.807) is 13.0 Å². The van der Waals surface area contributed by atoms with Gasteiger partial charge in [-0.1, -0.05) is 29.1 Å². The molecule has 4 heteroatoms. The number of rotatable bonds is 2. The minimum absolute atomic E-state index is 0.505. The second-order valence-electron chi connectivity index (χ2n) is 2.26. The van der Waals surface area contributed by atoms with Gasteiger partial charge in [0.25, 0.3) is 0 Å². The maximum absolute atomic E-state index is 5.85. The van der Waals surface area contributed by atoms with Crippen molar-refractivity contribution in [1.82, 2.24) is 4.98 Å². The summed E-state index contributed by atoms with van der Waals surface area (Å²) in [4.78, 5) is 4.01. The van der Waals surface area contributed by atoms with E-state index < -0.39 is 0 Å². The Morgan fingerprint density at radius 2 is 2.31 bits per heavy atom. The van der Waals surface area contributed by atoms with Gasteiger partial charge in [0.2, 0.25) is 0 Å². The highest BCUT2D eigenvalue weighted by Gasteiger charge is 2.00. The van der Waals surface area contributed by atoms with Crippen molar-refractivity contribution in [1.29, 1.82) is 0 Å². The molecule has 0 unspecified atom stereocenters. The van der Waals surface area contributed by atoms with Gasteiger partial charge in [-0.25, -0.2) is 4.98 Å². The predicted octanol–water partition coefficient (Wildman–Crippen LogP) is 2.82. The van der Waals surface area contributed by atoms with Crippen LogP contribution in [-0.2, 0) is 0 Å². The fourth-order valence-electron chi connectivity index (χ4n) is 0.761. The Hall–Kier alpha value is -0.910. The molecule has 0 atom stereocenters. The first-order valence-corrected chi connectivity index (χ1v) is 4.44. The fourth-order valence-corrected chi connectivity index (χ4v) is 1.21. The van der Waals surface area contributed by atoms with Gasteiger partial charge in [-0.15, -0.1) is 5.92 Å². The minimum atomic E-state index is 0.505. The molecule has 68 valence electrons. The Kier molecular flexibility index (Phi) is 3.88. The van der Waals surface area contributed by atoms with Crippen molar-refractivity contribution in [2.45, 2.75) is 6.92 Å². The van der Waals surface area contributed by atoms with Gasteiger partial charge in [0.05, 0.1) is 16.6 Å². The third-order valence-electron chi connectivity index (χ3n) is 1.33. The van der Waals surface area contributed by atoms with Crippen LogP contribution in [0.15, 0.2) is 12.3 Å². The van der Waals surface area contributed by atoms with Crippen LogP contribution >= 0.6 is 23.2 Å². The lowest BCUT2D eigenvalue weighted by Gasteiger charge is -2.03. The molecule has 0 spiro atoms. The molecule has 1 aromatic rings. The number of hydrogen-bond acceptors (Lipinski definition) is 2. The summed E-state index contributed by atoms with van der Waals surface area (Å²) in [5.41, 5.74) is 0. The number of pyridine rings is 1. The number of anilines is 1. The minimum Gasteiger partial charge on any atom is -0.358 e. The first-order valence-electron chi connectivity index (χ1n) is 3.68. The van der Waals surface area contributed by atoms with E-state index in [-0.39, 0.29) is 0 Å². The second-order valence-corrected chi connectivity index (χ2v) is 3.11. The van der Waals surface area contributed by atoms with Crippen LogP contribution in [0.1, 0.15) is 6.92 Å². The Balaban J connectivity index is 2.70. The van der Waals surface area contributed by atoms with Crippen molar-refractivity contribution in [3.8, 4) is 11.8 Å². The first kappa shape index (κ1) is 10.2. The average molecular weight is 215 g/mol. The normalized spacial score (nSPS) is 8.85. The molecule has 0 saturated heterocycles. The molecule has 2 nitrogen and oxygen atoms in total. The van der Waals surface area contributed by atoms with E-state index in [9.17, 15) is 0 Å². The lowest BCUT2D eigenvalue weighted by molar-refractivity contribution is 1.24. The van der Waals surface area contributed by atoms with Crippen molar-refractivity contribution < 1.29 is 0 Å². The third-order valence-corrected chi connectivity index (χ3v) is 1.82. The predicted molar refractivity (Wildman–Crippen MR) is 56.2 cm³/mol. The number of hydrogen-bond donors (Lipinski definition) is 1. The molecular formula is C9H8Cl2N2. The van der Waals surface area contributed by atoms with Gasteiger partial charge < -0.3 is 5.32 Å². The Labute approximate surface area is 87.3 Å². The molecule has 1 heterocycles. The van der Waals surface area contributed by atoms with Gasteiger partial charge in [0, 0.05) is 6.20 Å². The van der Waals surface area contributed by atoms with Gasteiger partial charge in [0.15, 0.2) is 0 Å². The SMILES string of the molecule is CC#CCNc1ncc(Cl)cc1Cl. The van der Waals surface area contributed by atoms with Crippen LogP contribution in [0, 0.1) is 11.8 Å². The topological polar surface area (TPSA) is 24.9 Å². The molecular weight excluding hydrogens is 207 g/mol. The molecule has 1 N–H and O–H groups in total. The highest BCUT2D eigenvalue weighted by molar-refractivity contribution is 6.35. The summed E-state index contributed by atoms with van der Waals surface area (Å²) in [5.74, 6) is 6.21. The van der Waals surface area contributed by atoms with E-state index in [0.29, 0.717) is 22.4 Å². The van der Waals surface area contributed by atoms with Crippen LogP contribution in [0.3, 0.4) is 0 Å². The number of halogens is 2. The molecule has 0 bridgehead atoms. The summed E-state index contributed by atoms with van der Waals surface area (Å²) in [6, 6.07) is 1.64. The Bertz CT molecular complexity index is 352. The van der Waals surface area contributed by atoms with E-state index in [2.05, 4.69) is 22.1 Å². The second kappa shape index (κ2) is 4.96. The van der Waals surface area contributed by atoms with Crippen molar-refractivity contribution >= 4 is 29.0 Å². The zero-order valence-corrected chi connectivity index (χ0v) is 8.58. The van der Waals surface area contributed by atoms with Crippen LogP contribution in [0.2, 0.25) is 10.0 Å². The molecule has 0 radical (unpaired) electrons. The smallest absolute Gasteiger partial charge is 0.145 e. The number of nitrogens with one attached hydrogen (secondary N) is 1. The highest BCUT2D eigenvalue weighted by Crippen LogP contribution is 2.21. The van der Waals surface area contributed by atoms with Gasteiger partial charge in [-0.2, -0.15) is 0 Å². The van der Waals surface area contributed by atoms with Crippen molar-refractivity contribution in [2.24, 2.45) is 0 Å². The summed E-state index contributed by atoms with van der Waals surface area (Å²) in [5, 5.41) is 4.00. The lowest BCUT2D eigenvalue weighted by Crippen LogP contribution is -2.01. The summed E-state index contributed by atoms with van der Waals surface area (Å²) >= 11 is 11.5. The summed E-state index contributed by atoms with van der Waals surface area (Å²) < 4.78 is 0. The molecule has 1 aromatic heterocycles. The van der Waals surface area contributed by atoms with Crippen LogP contribution in [0.25, 0.3) is 0 Å². The van der Waals surface area contributed by atoms with Crippen molar-refractivity contribution in [3.05, 3.63) is 22.3 Å². The van der Waals surface area contributed by atoms with Crippen LogP contribution in [0.5, 0.6) is 0 Å². The largest absolute Gasteiger partial charge is 0.358 e. The lowest BCUT2D eigenvalue weighted by atomic mass is 10.4. The average Bonchev–Trinajstić information content (AvgIpc) is 2.09. The van der Waals surface area contributed by atoms with Crippen molar-refractivity contribution in [2.75, 3.05) is 11.9 Å². The monoisotopic (exact) mass is 214 g/mol. The fraction of sp³-hybridized carbons (Fsp3) is 0.222. The zero-order valence-electron chi connectivity index (χ0n) is 7.06. The zero-order chi connectivity index (χ0) is 9.68. The maximum Gasteiger partial charge on any atom is 0.145 e. The van der Waals surface area contributed by atoms with Gasteiger partial charge in [-0.05, 0) is 13.0 Å². The number of nitrogens with zero attached hydrogens (tertiary/aromatic N) is 1. The van der Waals surface area contributed by atoms with E-state index in [1.807, 2.05) is 0 Å². The van der Waals surface area contributed by atoms with Gasteiger partial charge >= 0.3 is 0 Å². The van der Waals surface area contributed by atoms with Crippen LogP contribution in [-0.4, -0.2) is 11.5 Å². The van der Waals surface area contributed by atoms with E-state index in [1.165, 1.54) is 6.20 Å². The van der Waals surface area contributed by atoms with Crippen LogP contribution in [0.4, 0.5) is 5.82 Å². The molecule has 0 aliphatic rings. The third kappa shape index (κ3) is 3.14. The Morgan fingerprint density at radius 3 is 2.92 bits per heavy atom. The maximum atomic E-state index is 5.85. The van der Waals surface area contributed by atoms with E-state index >= 15 is 0 Å². The summed E-state index contributed by atoms with van der Waals surface area (Å²) in [7, 11) is 0. The van der Waals surface area contributed by atoms with E-state index in [4.69, 9.17) is 23.2 Å². The molecule has 0 amide bonds. The molecule has 0 saturated carbocycles. The molecule has 0 aliphatic carbocycles. The standard InChI is InChI=1S/C9H8Cl2N2/c1-2-3-4-12-9-8(11)5-7(10)6-13-9/h5-6H,4H2,1H3,(H,12,13). The van der Waals surface area contributed by atoms with Gasteiger partial charge in [0.1, 0.15) is 5.82 Å². The highest BCUT2D eigenvalue weighted by atomic mass is 35.5. The van der Waals surface area contributed by atoms with Crippen LogP contribution < -0.4 is 5.32 Å². The molecule has 0 fully saturated rings.